The van der Waals surface area contributed by atoms with Crippen LogP contribution < -0.4 is 5.32 Å². The summed E-state index contributed by atoms with van der Waals surface area (Å²) in [6.45, 7) is 0.209. The van der Waals surface area contributed by atoms with Crippen LogP contribution in [0.5, 0.6) is 0 Å². The van der Waals surface area contributed by atoms with E-state index in [0.29, 0.717) is 16.8 Å². The van der Waals surface area contributed by atoms with Gasteiger partial charge in [-0.15, -0.1) is 0 Å². The van der Waals surface area contributed by atoms with E-state index in [2.05, 4.69) is 10.3 Å². The van der Waals surface area contributed by atoms with E-state index in [-0.39, 0.29) is 30.9 Å². The number of hydrogen-bond acceptors (Lipinski definition) is 4. The lowest BCUT2D eigenvalue weighted by Crippen LogP contribution is -2.52. The SMILES string of the molecule is O=C1CCC(N2Cc3cc(-c4ccccn4)c(F)cc3C2=O)C(=O)N1. The van der Waals surface area contributed by atoms with Gasteiger partial charge in [-0.2, -0.15) is 0 Å². The topological polar surface area (TPSA) is 79.4 Å². The zero-order valence-electron chi connectivity index (χ0n) is 13.2. The first kappa shape index (κ1) is 15.4. The molecular formula is C18H14FN3O3. The number of aromatic nitrogens is 1. The number of fused-ring (bicyclic) bond motifs is 1. The highest BCUT2D eigenvalue weighted by atomic mass is 19.1. The van der Waals surface area contributed by atoms with Crippen molar-refractivity contribution in [1.29, 1.82) is 0 Å². The third-order valence-electron chi connectivity index (χ3n) is 4.55. The lowest BCUT2D eigenvalue weighted by atomic mass is 10.0. The van der Waals surface area contributed by atoms with Gasteiger partial charge < -0.3 is 4.90 Å². The number of amides is 3. The number of carbonyl (C=O) groups is 3. The predicted octanol–water partition coefficient (Wildman–Crippen LogP) is 1.65. The van der Waals surface area contributed by atoms with Gasteiger partial charge in [0.1, 0.15) is 11.9 Å². The molecule has 0 bridgehead atoms. The molecule has 1 fully saturated rings. The standard InChI is InChI=1S/C18H14FN3O3/c19-13-8-11-10(7-12(13)14-3-1-2-6-20-14)9-22(18(11)25)15-4-5-16(23)21-17(15)24/h1-3,6-8,15H,4-5,9H2,(H,21,23,24). The lowest BCUT2D eigenvalue weighted by Gasteiger charge is -2.29. The fraction of sp³-hybridized carbons (Fsp3) is 0.222. The molecular weight excluding hydrogens is 325 g/mol. The Bertz CT molecular complexity index is 898. The zero-order valence-corrected chi connectivity index (χ0v) is 13.2. The van der Waals surface area contributed by atoms with Crippen LogP contribution in [0.4, 0.5) is 4.39 Å². The maximum atomic E-state index is 14.5. The first-order valence-corrected chi connectivity index (χ1v) is 7.93. The van der Waals surface area contributed by atoms with Crippen LogP contribution in [0.1, 0.15) is 28.8 Å². The molecule has 1 saturated heterocycles. The van der Waals surface area contributed by atoms with Gasteiger partial charge >= 0.3 is 0 Å². The largest absolute Gasteiger partial charge is 0.322 e. The third-order valence-corrected chi connectivity index (χ3v) is 4.55. The fourth-order valence-electron chi connectivity index (χ4n) is 3.31. The number of piperidine rings is 1. The van der Waals surface area contributed by atoms with Crippen molar-refractivity contribution in [2.24, 2.45) is 0 Å². The van der Waals surface area contributed by atoms with Crippen molar-refractivity contribution in [2.45, 2.75) is 25.4 Å². The quantitative estimate of drug-likeness (QED) is 0.844. The molecule has 2 aromatic rings. The molecule has 7 heteroatoms. The van der Waals surface area contributed by atoms with Crippen LogP contribution in [0.25, 0.3) is 11.3 Å². The second-order valence-electron chi connectivity index (χ2n) is 6.10. The number of nitrogens with one attached hydrogen (secondary N) is 1. The van der Waals surface area contributed by atoms with Crippen molar-refractivity contribution in [1.82, 2.24) is 15.2 Å². The van der Waals surface area contributed by atoms with E-state index in [0.717, 1.165) is 0 Å². The van der Waals surface area contributed by atoms with Crippen LogP contribution in [0.15, 0.2) is 36.5 Å². The molecule has 0 saturated carbocycles. The summed E-state index contributed by atoms with van der Waals surface area (Å²) in [5, 5.41) is 2.25. The van der Waals surface area contributed by atoms with E-state index in [1.54, 1.807) is 30.5 Å². The predicted molar refractivity (Wildman–Crippen MR) is 85.7 cm³/mol. The van der Waals surface area contributed by atoms with Crippen LogP contribution in [-0.4, -0.2) is 33.6 Å². The number of imide groups is 1. The molecule has 126 valence electrons. The van der Waals surface area contributed by atoms with E-state index >= 15 is 0 Å². The maximum absolute atomic E-state index is 14.5. The second-order valence-corrected chi connectivity index (χ2v) is 6.10. The van der Waals surface area contributed by atoms with Crippen LogP contribution in [0.2, 0.25) is 0 Å². The molecule has 0 aliphatic carbocycles. The van der Waals surface area contributed by atoms with Gasteiger partial charge in [-0.1, -0.05) is 6.07 Å². The van der Waals surface area contributed by atoms with E-state index in [1.807, 2.05) is 0 Å². The summed E-state index contributed by atoms with van der Waals surface area (Å²) >= 11 is 0. The Kier molecular flexibility index (Phi) is 3.56. The normalized spacial score (nSPS) is 19.8. The summed E-state index contributed by atoms with van der Waals surface area (Å²) in [5.41, 5.74) is 1.70. The van der Waals surface area contributed by atoms with Crippen molar-refractivity contribution in [2.75, 3.05) is 0 Å². The molecule has 6 nitrogen and oxygen atoms in total. The minimum absolute atomic E-state index is 0.185. The number of benzene rings is 1. The number of pyridine rings is 1. The average Bonchev–Trinajstić information content (AvgIpc) is 2.91. The Morgan fingerprint density at radius 3 is 2.72 bits per heavy atom. The molecule has 2 aliphatic rings. The molecule has 3 amide bonds. The first-order chi connectivity index (χ1) is 12.0. The van der Waals surface area contributed by atoms with Crippen LogP contribution in [-0.2, 0) is 16.1 Å². The number of nitrogens with zero attached hydrogens (tertiary/aromatic N) is 2. The Balaban J connectivity index is 1.68. The van der Waals surface area contributed by atoms with Gasteiger partial charge in [0.15, 0.2) is 0 Å². The van der Waals surface area contributed by atoms with E-state index in [1.165, 1.54) is 11.0 Å². The fourth-order valence-corrected chi connectivity index (χ4v) is 3.31. The molecule has 25 heavy (non-hydrogen) atoms. The van der Waals surface area contributed by atoms with Crippen molar-refractivity contribution < 1.29 is 18.8 Å². The van der Waals surface area contributed by atoms with Crippen molar-refractivity contribution in [3.05, 3.63) is 53.5 Å². The molecule has 4 rings (SSSR count). The van der Waals surface area contributed by atoms with Crippen molar-refractivity contribution >= 4 is 17.7 Å². The van der Waals surface area contributed by atoms with E-state index in [4.69, 9.17) is 0 Å². The summed E-state index contributed by atoms with van der Waals surface area (Å²) in [7, 11) is 0. The molecule has 1 aromatic carbocycles. The Morgan fingerprint density at radius 1 is 1.16 bits per heavy atom. The van der Waals surface area contributed by atoms with Gasteiger partial charge in [0.05, 0.1) is 5.69 Å². The lowest BCUT2D eigenvalue weighted by molar-refractivity contribution is -0.136. The van der Waals surface area contributed by atoms with Gasteiger partial charge in [0.2, 0.25) is 11.8 Å². The Labute approximate surface area is 142 Å². The molecule has 0 radical (unpaired) electrons. The van der Waals surface area contributed by atoms with E-state index < -0.39 is 23.7 Å². The number of carbonyl (C=O) groups excluding carboxylic acids is 3. The molecule has 1 N–H and O–H groups in total. The number of halogens is 1. The van der Waals surface area contributed by atoms with Gasteiger partial charge in [-0.05, 0) is 36.2 Å². The van der Waals surface area contributed by atoms with E-state index in [9.17, 15) is 18.8 Å². The van der Waals surface area contributed by atoms with Crippen molar-refractivity contribution in [3.8, 4) is 11.3 Å². The molecule has 3 heterocycles. The maximum Gasteiger partial charge on any atom is 0.255 e. The summed E-state index contributed by atoms with van der Waals surface area (Å²) in [6, 6.07) is 7.29. The second kappa shape index (κ2) is 5.77. The zero-order chi connectivity index (χ0) is 17.6. The van der Waals surface area contributed by atoms with Gasteiger partial charge in [-0.25, -0.2) is 4.39 Å². The highest BCUT2D eigenvalue weighted by molar-refractivity contribution is 6.05. The molecule has 0 spiro atoms. The first-order valence-electron chi connectivity index (χ1n) is 7.93. The van der Waals surface area contributed by atoms with Gasteiger partial charge in [0, 0.05) is 30.3 Å². The van der Waals surface area contributed by atoms with Gasteiger partial charge in [-0.3, -0.25) is 24.7 Å². The third kappa shape index (κ3) is 2.57. The van der Waals surface area contributed by atoms with Crippen LogP contribution in [0.3, 0.4) is 0 Å². The summed E-state index contributed by atoms with van der Waals surface area (Å²) < 4.78 is 14.5. The molecule has 1 aromatic heterocycles. The molecule has 1 unspecified atom stereocenters. The summed E-state index contributed by atoms with van der Waals surface area (Å²) in [4.78, 5) is 41.5. The minimum atomic E-state index is -0.709. The highest BCUT2D eigenvalue weighted by Crippen LogP contribution is 2.32. The van der Waals surface area contributed by atoms with Gasteiger partial charge in [0.25, 0.3) is 5.91 Å². The van der Waals surface area contributed by atoms with Crippen LogP contribution >= 0.6 is 0 Å². The molecule has 1 atom stereocenters. The van der Waals surface area contributed by atoms with Crippen molar-refractivity contribution in [3.63, 3.8) is 0 Å². The Hall–Kier alpha value is -3.09. The number of hydrogen-bond donors (Lipinski definition) is 1. The average molecular weight is 339 g/mol. The smallest absolute Gasteiger partial charge is 0.255 e. The minimum Gasteiger partial charge on any atom is -0.322 e. The Morgan fingerprint density at radius 2 is 2.00 bits per heavy atom. The highest BCUT2D eigenvalue weighted by Gasteiger charge is 2.39. The summed E-state index contributed by atoms with van der Waals surface area (Å²) in [5.74, 6) is -1.75. The summed E-state index contributed by atoms with van der Waals surface area (Å²) in [6.07, 6.45) is 2.03. The molecule has 2 aliphatic heterocycles. The number of rotatable bonds is 2. The van der Waals surface area contributed by atoms with Crippen LogP contribution in [0, 0.1) is 5.82 Å². The monoisotopic (exact) mass is 339 g/mol.